The van der Waals surface area contributed by atoms with E-state index < -0.39 is 5.60 Å². The van der Waals surface area contributed by atoms with Crippen molar-refractivity contribution in [3.63, 3.8) is 0 Å². The average molecular weight is 348 g/mol. The first kappa shape index (κ1) is 19.9. The zero-order chi connectivity index (χ0) is 18.4. The van der Waals surface area contributed by atoms with Crippen LogP contribution in [0.4, 0.5) is 0 Å². The predicted molar refractivity (Wildman–Crippen MR) is 102 cm³/mol. The molecule has 1 fully saturated rings. The van der Waals surface area contributed by atoms with Crippen LogP contribution < -0.4 is 5.32 Å². The highest BCUT2D eigenvalue weighted by Crippen LogP contribution is 2.19. The maximum atomic E-state index is 12.3. The van der Waals surface area contributed by atoms with Crippen molar-refractivity contribution in [3.8, 4) is 0 Å². The number of hydrogen-bond donors (Lipinski definition) is 2. The summed E-state index contributed by atoms with van der Waals surface area (Å²) in [5.41, 5.74) is 0.987. The molecule has 140 valence electrons. The topological polar surface area (TPSA) is 55.8 Å². The van der Waals surface area contributed by atoms with Crippen molar-refractivity contribution in [1.82, 2.24) is 15.1 Å². The summed E-state index contributed by atoms with van der Waals surface area (Å²) in [7, 11) is 2.16. The molecule has 1 aromatic carbocycles. The summed E-state index contributed by atoms with van der Waals surface area (Å²) in [6.45, 7) is 11.4. The first-order valence-corrected chi connectivity index (χ1v) is 9.32. The minimum absolute atomic E-state index is 0.130. The molecule has 0 bridgehead atoms. The van der Waals surface area contributed by atoms with E-state index in [0.717, 1.165) is 39.1 Å². The molecule has 1 aromatic rings. The molecule has 5 heteroatoms. The summed E-state index contributed by atoms with van der Waals surface area (Å²) >= 11 is 0. The van der Waals surface area contributed by atoms with E-state index in [1.54, 1.807) is 6.92 Å². The molecule has 2 N–H and O–H groups in total. The zero-order valence-electron chi connectivity index (χ0n) is 16.1. The van der Waals surface area contributed by atoms with Crippen molar-refractivity contribution in [2.24, 2.45) is 5.92 Å². The molecule has 25 heavy (non-hydrogen) atoms. The molecule has 1 aliphatic rings. The summed E-state index contributed by atoms with van der Waals surface area (Å²) in [5.74, 6) is 0.00786. The van der Waals surface area contributed by atoms with Crippen molar-refractivity contribution in [1.29, 1.82) is 0 Å². The molecule has 0 aromatic heterocycles. The Balaban J connectivity index is 1.85. The van der Waals surface area contributed by atoms with E-state index in [0.29, 0.717) is 5.56 Å². The van der Waals surface area contributed by atoms with Gasteiger partial charge in [-0.05, 0) is 37.6 Å². The SMILES string of the molecule is CCC(C)C(C)(O)CNC(=O)c1ccc(CN2CCN(C)CC2)cc1. The van der Waals surface area contributed by atoms with Crippen LogP contribution in [0, 0.1) is 5.92 Å². The number of carbonyl (C=O) groups excluding carboxylic acids is 1. The van der Waals surface area contributed by atoms with Crippen molar-refractivity contribution in [2.45, 2.75) is 39.3 Å². The fourth-order valence-corrected chi connectivity index (χ4v) is 3.00. The normalized spacial score (nSPS) is 20.0. The van der Waals surface area contributed by atoms with Crippen molar-refractivity contribution in [3.05, 3.63) is 35.4 Å². The van der Waals surface area contributed by atoms with Gasteiger partial charge in [0, 0.05) is 44.8 Å². The fraction of sp³-hybridized carbons (Fsp3) is 0.650. The second-order valence-corrected chi connectivity index (χ2v) is 7.63. The van der Waals surface area contributed by atoms with Gasteiger partial charge in [0.15, 0.2) is 0 Å². The van der Waals surface area contributed by atoms with Crippen LogP contribution in [0.25, 0.3) is 0 Å². The third-order valence-corrected chi connectivity index (χ3v) is 5.50. The quantitative estimate of drug-likeness (QED) is 0.792. The Bertz CT molecular complexity index is 549. The molecule has 0 aliphatic carbocycles. The number of carbonyl (C=O) groups is 1. The number of aliphatic hydroxyl groups is 1. The van der Waals surface area contributed by atoms with Crippen LogP contribution >= 0.6 is 0 Å². The summed E-state index contributed by atoms with van der Waals surface area (Å²) < 4.78 is 0. The van der Waals surface area contributed by atoms with Gasteiger partial charge in [-0.1, -0.05) is 32.4 Å². The maximum absolute atomic E-state index is 12.3. The van der Waals surface area contributed by atoms with E-state index in [1.165, 1.54) is 5.56 Å². The number of piperazine rings is 1. The molecule has 0 saturated carbocycles. The Morgan fingerprint density at radius 2 is 1.84 bits per heavy atom. The van der Waals surface area contributed by atoms with E-state index in [1.807, 2.05) is 38.1 Å². The Hall–Kier alpha value is -1.43. The van der Waals surface area contributed by atoms with E-state index >= 15 is 0 Å². The van der Waals surface area contributed by atoms with E-state index in [9.17, 15) is 9.90 Å². The van der Waals surface area contributed by atoms with Crippen LogP contribution in [0.3, 0.4) is 0 Å². The lowest BCUT2D eigenvalue weighted by Gasteiger charge is -2.32. The molecule has 2 rings (SSSR count). The number of rotatable bonds is 7. The van der Waals surface area contributed by atoms with Crippen LogP contribution in [0.2, 0.25) is 0 Å². The highest BCUT2D eigenvalue weighted by molar-refractivity contribution is 5.94. The monoisotopic (exact) mass is 347 g/mol. The van der Waals surface area contributed by atoms with Gasteiger partial charge in [-0.3, -0.25) is 9.69 Å². The number of likely N-dealkylation sites (N-methyl/N-ethyl adjacent to an activating group) is 1. The van der Waals surface area contributed by atoms with E-state index in [2.05, 4.69) is 22.2 Å². The van der Waals surface area contributed by atoms with Crippen molar-refractivity contribution < 1.29 is 9.90 Å². The first-order valence-electron chi connectivity index (χ1n) is 9.32. The molecule has 1 aliphatic heterocycles. The Morgan fingerprint density at radius 1 is 1.24 bits per heavy atom. The van der Waals surface area contributed by atoms with Gasteiger partial charge in [-0.15, -0.1) is 0 Å². The molecule has 2 unspecified atom stereocenters. The number of amides is 1. The lowest BCUT2D eigenvalue weighted by Crippen LogP contribution is -2.45. The minimum Gasteiger partial charge on any atom is -0.388 e. The van der Waals surface area contributed by atoms with Gasteiger partial charge in [0.2, 0.25) is 0 Å². The largest absolute Gasteiger partial charge is 0.388 e. The maximum Gasteiger partial charge on any atom is 0.251 e. The number of nitrogens with one attached hydrogen (secondary N) is 1. The number of benzene rings is 1. The molecule has 1 heterocycles. The fourth-order valence-electron chi connectivity index (χ4n) is 3.00. The Morgan fingerprint density at radius 3 is 2.40 bits per heavy atom. The molecular weight excluding hydrogens is 314 g/mol. The van der Waals surface area contributed by atoms with Gasteiger partial charge in [-0.2, -0.15) is 0 Å². The summed E-state index contributed by atoms with van der Waals surface area (Å²) in [6.07, 6.45) is 0.879. The molecule has 1 saturated heterocycles. The van der Waals surface area contributed by atoms with Crippen LogP contribution in [0.15, 0.2) is 24.3 Å². The lowest BCUT2D eigenvalue weighted by molar-refractivity contribution is 0.00592. The standard InChI is InChI=1S/C20H33N3O2/c1-5-16(2)20(3,25)15-21-19(24)18-8-6-17(7-9-18)14-23-12-10-22(4)11-13-23/h6-9,16,25H,5,10-15H2,1-4H3,(H,21,24). The second-order valence-electron chi connectivity index (χ2n) is 7.63. The van der Waals surface area contributed by atoms with Gasteiger partial charge in [0.1, 0.15) is 0 Å². The first-order chi connectivity index (χ1) is 11.8. The molecule has 2 atom stereocenters. The number of nitrogens with zero attached hydrogens (tertiary/aromatic N) is 2. The highest BCUT2D eigenvalue weighted by Gasteiger charge is 2.27. The lowest BCUT2D eigenvalue weighted by atomic mass is 9.88. The summed E-state index contributed by atoms with van der Waals surface area (Å²) in [4.78, 5) is 17.1. The van der Waals surface area contributed by atoms with Gasteiger partial charge in [0.25, 0.3) is 5.91 Å². The minimum atomic E-state index is -0.883. The second kappa shape index (κ2) is 8.79. The van der Waals surface area contributed by atoms with E-state index in [4.69, 9.17) is 0 Å². The van der Waals surface area contributed by atoms with Crippen LogP contribution in [-0.2, 0) is 6.54 Å². The van der Waals surface area contributed by atoms with Gasteiger partial charge in [0.05, 0.1) is 5.60 Å². The van der Waals surface area contributed by atoms with E-state index in [-0.39, 0.29) is 18.4 Å². The van der Waals surface area contributed by atoms with Crippen LogP contribution in [0.1, 0.15) is 43.1 Å². The third-order valence-electron chi connectivity index (χ3n) is 5.50. The van der Waals surface area contributed by atoms with Gasteiger partial charge < -0.3 is 15.3 Å². The molecular formula is C20H33N3O2. The van der Waals surface area contributed by atoms with Crippen LogP contribution in [0.5, 0.6) is 0 Å². The summed E-state index contributed by atoms with van der Waals surface area (Å²) in [6, 6.07) is 7.80. The Kier molecular flexibility index (Phi) is 6.99. The summed E-state index contributed by atoms with van der Waals surface area (Å²) in [5, 5.41) is 13.3. The predicted octanol–water partition coefficient (Wildman–Crippen LogP) is 1.96. The smallest absolute Gasteiger partial charge is 0.251 e. The molecule has 5 nitrogen and oxygen atoms in total. The Labute approximate surface area is 152 Å². The molecule has 1 amide bonds. The van der Waals surface area contributed by atoms with Crippen molar-refractivity contribution >= 4 is 5.91 Å². The average Bonchev–Trinajstić information content (AvgIpc) is 2.61. The zero-order valence-corrected chi connectivity index (χ0v) is 16.1. The van der Waals surface area contributed by atoms with Crippen molar-refractivity contribution in [2.75, 3.05) is 39.8 Å². The molecule has 0 radical (unpaired) electrons. The van der Waals surface area contributed by atoms with Gasteiger partial charge in [-0.25, -0.2) is 0 Å². The van der Waals surface area contributed by atoms with Crippen LogP contribution in [-0.4, -0.2) is 66.2 Å². The number of hydrogen-bond acceptors (Lipinski definition) is 4. The molecule has 0 spiro atoms. The third kappa shape index (κ3) is 5.80. The highest BCUT2D eigenvalue weighted by atomic mass is 16.3. The van der Waals surface area contributed by atoms with Gasteiger partial charge >= 0.3 is 0 Å².